The highest BCUT2D eigenvalue weighted by molar-refractivity contribution is 6.15. The van der Waals surface area contributed by atoms with Crippen molar-refractivity contribution < 1.29 is 19.5 Å². The zero-order valence-electron chi connectivity index (χ0n) is 18.7. The SMILES string of the molecule is CCN1CC[NH+](Cc2c([O-])ccc3c2OC(=Cc2cn(CC)c4ccccc24)C3=O)CC1. The number of hydrogen-bond donors (Lipinski definition) is 1. The maximum atomic E-state index is 13.1. The number of rotatable bonds is 5. The molecule has 0 saturated carbocycles. The number of ether oxygens (including phenoxy) is 1. The number of aryl methyl sites for hydroxylation is 1. The molecule has 166 valence electrons. The highest BCUT2D eigenvalue weighted by Crippen LogP contribution is 2.38. The van der Waals surface area contributed by atoms with Gasteiger partial charge in [0.05, 0.1) is 18.7 Å². The number of nitrogens with one attached hydrogen (secondary N) is 1. The molecule has 32 heavy (non-hydrogen) atoms. The second-order valence-electron chi connectivity index (χ2n) is 8.61. The Morgan fingerprint density at radius 3 is 2.62 bits per heavy atom. The number of allylic oxidation sites excluding steroid dienone is 1. The summed E-state index contributed by atoms with van der Waals surface area (Å²) in [7, 11) is 0. The van der Waals surface area contributed by atoms with E-state index in [0.29, 0.717) is 23.4 Å². The molecule has 0 unspecified atom stereocenters. The van der Waals surface area contributed by atoms with Gasteiger partial charge in [0.15, 0.2) is 5.76 Å². The summed E-state index contributed by atoms with van der Waals surface area (Å²) in [5, 5.41) is 13.8. The predicted octanol–water partition coefficient (Wildman–Crippen LogP) is 2.07. The smallest absolute Gasteiger partial charge is 0.231 e. The van der Waals surface area contributed by atoms with Crippen LogP contribution in [-0.2, 0) is 13.1 Å². The maximum absolute atomic E-state index is 13.1. The van der Waals surface area contributed by atoms with Gasteiger partial charge in [0.1, 0.15) is 12.3 Å². The van der Waals surface area contributed by atoms with Crippen molar-refractivity contribution >= 4 is 22.8 Å². The van der Waals surface area contributed by atoms with Gasteiger partial charge in [0.2, 0.25) is 5.78 Å². The lowest BCUT2D eigenvalue weighted by atomic mass is 10.0. The van der Waals surface area contributed by atoms with E-state index >= 15 is 0 Å². The first kappa shape index (κ1) is 20.8. The second kappa shape index (κ2) is 8.45. The summed E-state index contributed by atoms with van der Waals surface area (Å²) in [5.74, 6) is 0.543. The Labute approximate surface area is 188 Å². The molecule has 1 fully saturated rings. The van der Waals surface area contributed by atoms with Gasteiger partial charge in [-0.25, -0.2) is 0 Å². The molecule has 1 aromatic heterocycles. The van der Waals surface area contributed by atoms with Gasteiger partial charge >= 0.3 is 0 Å². The zero-order chi connectivity index (χ0) is 22.2. The van der Waals surface area contributed by atoms with Gasteiger partial charge in [0, 0.05) is 47.9 Å². The predicted molar refractivity (Wildman–Crippen MR) is 123 cm³/mol. The zero-order valence-corrected chi connectivity index (χ0v) is 18.7. The number of aromatic nitrogens is 1. The van der Waals surface area contributed by atoms with Crippen molar-refractivity contribution in [3.8, 4) is 11.5 Å². The maximum Gasteiger partial charge on any atom is 0.231 e. The van der Waals surface area contributed by atoms with Crippen molar-refractivity contribution in [2.45, 2.75) is 26.9 Å². The van der Waals surface area contributed by atoms with Gasteiger partial charge < -0.3 is 19.3 Å². The van der Waals surface area contributed by atoms with E-state index in [-0.39, 0.29) is 17.3 Å². The van der Waals surface area contributed by atoms with Crippen molar-refractivity contribution in [2.75, 3.05) is 32.7 Å². The van der Waals surface area contributed by atoms with Gasteiger partial charge in [-0.1, -0.05) is 36.9 Å². The summed E-state index contributed by atoms with van der Waals surface area (Å²) in [6, 6.07) is 11.3. The van der Waals surface area contributed by atoms with E-state index in [4.69, 9.17) is 4.74 Å². The largest absolute Gasteiger partial charge is 0.872 e. The molecule has 0 atom stereocenters. The molecule has 1 saturated heterocycles. The number of Topliss-reactive ketones (excluding diaryl/α,β-unsaturated/α-hetero) is 1. The summed E-state index contributed by atoms with van der Waals surface area (Å²) in [6.45, 7) is 10.8. The number of benzene rings is 2. The van der Waals surface area contributed by atoms with Crippen LogP contribution in [0, 0.1) is 0 Å². The van der Waals surface area contributed by atoms with Crippen LogP contribution < -0.4 is 14.7 Å². The number of ketones is 1. The number of fused-ring (bicyclic) bond motifs is 2. The topological polar surface area (TPSA) is 62.0 Å². The van der Waals surface area contributed by atoms with Gasteiger partial charge in [-0.3, -0.25) is 9.69 Å². The van der Waals surface area contributed by atoms with E-state index in [0.717, 1.165) is 55.7 Å². The molecular weight excluding hydrogens is 402 g/mol. The minimum absolute atomic E-state index is 0.0502. The standard InChI is InChI=1S/C26H29N3O3/c1-3-27-11-13-28(14-12-27)17-21-23(30)10-9-20-25(31)24(32-26(20)21)15-18-16-29(4-2)22-8-6-5-7-19(18)22/h5-10,15-16,30H,3-4,11-14,17H2,1-2H3. The number of carbonyl (C=O) groups is 1. The number of carbonyl (C=O) groups excluding carboxylic acids is 1. The average molecular weight is 432 g/mol. The Morgan fingerprint density at radius 1 is 1.09 bits per heavy atom. The van der Waals surface area contributed by atoms with Crippen LogP contribution in [0.15, 0.2) is 48.4 Å². The summed E-state index contributed by atoms with van der Waals surface area (Å²) in [5.41, 5.74) is 3.19. The van der Waals surface area contributed by atoms with Crippen LogP contribution >= 0.6 is 0 Å². The minimum atomic E-state index is -0.152. The van der Waals surface area contributed by atoms with E-state index in [2.05, 4.69) is 41.6 Å². The molecule has 2 aliphatic heterocycles. The molecule has 0 spiro atoms. The molecule has 3 aromatic rings. The summed E-state index contributed by atoms with van der Waals surface area (Å²) >= 11 is 0. The molecule has 6 heteroatoms. The lowest BCUT2D eigenvalue weighted by Gasteiger charge is -2.32. The molecule has 5 rings (SSSR count). The van der Waals surface area contributed by atoms with E-state index < -0.39 is 0 Å². The van der Waals surface area contributed by atoms with Gasteiger partial charge in [0.25, 0.3) is 0 Å². The van der Waals surface area contributed by atoms with Crippen LogP contribution in [0.2, 0.25) is 0 Å². The highest BCUT2D eigenvalue weighted by Gasteiger charge is 2.32. The van der Waals surface area contributed by atoms with Gasteiger partial charge in [-0.05, 0) is 31.7 Å². The Bertz CT molecular complexity index is 1200. The molecule has 1 N–H and O–H groups in total. The summed E-state index contributed by atoms with van der Waals surface area (Å²) in [6.07, 6.45) is 3.87. The normalized spacial score (nSPS) is 18.4. The van der Waals surface area contributed by atoms with Gasteiger partial charge in [-0.15, -0.1) is 0 Å². The molecule has 0 amide bonds. The monoisotopic (exact) mass is 431 g/mol. The highest BCUT2D eigenvalue weighted by atomic mass is 16.5. The van der Waals surface area contributed by atoms with E-state index in [1.54, 1.807) is 6.07 Å². The van der Waals surface area contributed by atoms with Crippen molar-refractivity contribution in [1.82, 2.24) is 9.47 Å². The van der Waals surface area contributed by atoms with Crippen LogP contribution in [-0.4, -0.2) is 48.0 Å². The van der Waals surface area contributed by atoms with Crippen molar-refractivity contribution in [3.63, 3.8) is 0 Å². The van der Waals surface area contributed by atoms with E-state index in [9.17, 15) is 9.90 Å². The minimum Gasteiger partial charge on any atom is -0.872 e. The fourth-order valence-corrected chi connectivity index (χ4v) is 4.86. The number of para-hydroxylation sites is 1. The first-order valence-corrected chi connectivity index (χ1v) is 11.5. The molecule has 0 radical (unpaired) electrons. The molecule has 0 bridgehead atoms. The number of piperazine rings is 1. The Hall–Kier alpha value is -3.09. The Kier molecular flexibility index (Phi) is 5.49. The fourth-order valence-electron chi connectivity index (χ4n) is 4.86. The Morgan fingerprint density at radius 2 is 1.88 bits per heavy atom. The molecule has 2 aliphatic rings. The lowest BCUT2D eigenvalue weighted by Crippen LogP contribution is -3.13. The molecule has 3 heterocycles. The van der Waals surface area contributed by atoms with Crippen molar-refractivity contribution in [1.29, 1.82) is 0 Å². The van der Waals surface area contributed by atoms with Crippen LogP contribution in [0.1, 0.15) is 35.3 Å². The van der Waals surface area contributed by atoms with Crippen LogP contribution in [0.4, 0.5) is 0 Å². The third kappa shape index (κ3) is 3.59. The third-order valence-electron chi connectivity index (χ3n) is 6.78. The summed E-state index contributed by atoms with van der Waals surface area (Å²) in [4.78, 5) is 16.9. The van der Waals surface area contributed by atoms with Crippen molar-refractivity contribution in [2.24, 2.45) is 0 Å². The average Bonchev–Trinajstić information content (AvgIpc) is 3.34. The van der Waals surface area contributed by atoms with E-state index in [1.165, 1.54) is 11.0 Å². The number of likely N-dealkylation sites (N-methyl/N-ethyl adjacent to an activating group) is 1. The summed E-state index contributed by atoms with van der Waals surface area (Å²) < 4.78 is 8.25. The quantitative estimate of drug-likeness (QED) is 0.629. The molecule has 6 nitrogen and oxygen atoms in total. The number of quaternary nitrogens is 1. The lowest BCUT2D eigenvalue weighted by molar-refractivity contribution is -0.918. The van der Waals surface area contributed by atoms with Crippen LogP contribution in [0.25, 0.3) is 17.0 Å². The molecule has 0 aliphatic carbocycles. The Balaban J connectivity index is 1.46. The second-order valence-corrected chi connectivity index (χ2v) is 8.61. The third-order valence-corrected chi connectivity index (χ3v) is 6.78. The van der Waals surface area contributed by atoms with Crippen molar-refractivity contribution in [3.05, 3.63) is 65.0 Å². The first-order valence-electron chi connectivity index (χ1n) is 11.5. The van der Waals surface area contributed by atoms with Gasteiger partial charge in [-0.2, -0.15) is 0 Å². The molecule has 2 aromatic carbocycles. The van der Waals surface area contributed by atoms with Crippen LogP contribution in [0.3, 0.4) is 0 Å². The molecular formula is C26H29N3O3. The first-order chi connectivity index (χ1) is 15.6. The number of hydrogen-bond acceptors (Lipinski definition) is 4. The van der Waals surface area contributed by atoms with E-state index in [1.807, 2.05) is 18.2 Å². The number of nitrogens with zero attached hydrogens (tertiary/aromatic N) is 2. The van der Waals surface area contributed by atoms with Crippen LogP contribution in [0.5, 0.6) is 11.5 Å². The fraction of sp³-hybridized carbons (Fsp3) is 0.346.